The van der Waals surface area contributed by atoms with E-state index < -0.39 is 92.7 Å². The fourth-order valence-corrected chi connectivity index (χ4v) is 8.18. The van der Waals surface area contributed by atoms with E-state index in [-0.39, 0.29) is 26.1 Å². The van der Waals surface area contributed by atoms with Gasteiger partial charge in [0.25, 0.3) is 0 Å². The van der Waals surface area contributed by atoms with Gasteiger partial charge < -0.3 is 64.2 Å². The number of aliphatic hydroxyl groups is 7. The maximum absolute atomic E-state index is 13.0. The summed E-state index contributed by atoms with van der Waals surface area (Å²) >= 11 is 0. The molecular weight excluding hydrogens is 877 g/mol. The van der Waals surface area contributed by atoms with Crippen LogP contribution in [0.25, 0.3) is 0 Å². The van der Waals surface area contributed by atoms with Gasteiger partial charge >= 0.3 is 11.9 Å². The number of carbonyl (C=O) groups is 2. The van der Waals surface area contributed by atoms with Crippen molar-refractivity contribution in [1.29, 1.82) is 0 Å². The highest BCUT2D eigenvalue weighted by Gasteiger charge is 2.47. The van der Waals surface area contributed by atoms with E-state index >= 15 is 0 Å². The van der Waals surface area contributed by atoms with Crippen LogP contribution in [0.4, 0.5) is 0 Å². The zero-order chi connectivity index (χ0) is 49.6. The van der Waals surface area contributed by atoms with Crippen LogP contribution in [0.2, 0.25) is 0 Å². The molecule has 15 nitrogen and oxygen atoms in total. The molecule has 2 saturated heterocycles. The van der Waals surface area contributed by atoms with Crippen LogP contribution in [0.15, 0.2) is 36.5 Å². The van der Waals surface area contributed by atoms with Gasteiger partial charge in [0.05, 0.1) is 19.8 Å². The molecule has 7 N–H and O–H groups in total. The molecule has 0 aromatic heterocycles. The molecular formula is C53H94O15. The van der Waals surface area contributed by atoms with Gasteiger partial charge in [0, 0.05) is 12.8 Å². The highest BCUT2D eigenvalue weighted by atomic mass is 16.7. The second-order valence-corrected chi connectivity index (χ2v) is 18.7. The minimum atomic E-state index is -1.77. The quantitative estimate of drug-likeness (QED) is 0.0177. The van der Waals surface area contributed by atoms with Crippen molar-refractivity contribution in [3.63, 3.8) is 0 Å². The summed E-state index contributed by atoms with van der Waals surface area (Å²) in [5.74, 6) is -0.943. The Bertz CT molecular complexity index is 1330. The Morgan fingerprint density at radius 2 is 0.882 bits per heavy atom. The van der Waals surface area contributed by atoms with Gasteiger partial charge in [-0.2, -0.15) is 0 Å². The maximum Gasteiger partial charge on any atom is 0.306 e. The fourth-order valence-electron chi connectivity index (χ4n) is 8.18. The molecule has 0 aromatic rings. The van der Waals surface area contributed by atoms with Gasteiger partial charge in [-0.25, -0.2) is 0 Å². The highest BCUT2D eigenvalue weighted by Crippen LogP contribution is 2.26. The first-order valence-electron chi connectivity index (χ1n) is 26.6. The number of hydrogen-bond donors (Lipinski definition) is 7. The minimum absolute atomic E-state index is 0.157. The van der Waals surface area contributed by atoms with Gasteiger partial charge in [-0.1, -0.05) is 147 Å². The highest BCUT2D eigenvalue weighted by molar-refractivity contribution is 5.70. The van der Waals surface area contributed by atoms with Gasteiger partial charge in [0.15, 0.2) is 18.7 Å². The van der Waals surface area contributed by atoms with E-state index in [2.05, 4.69) is 50.3 Å². The van der Waals surface area contributed by atoms with Crippen LogP contribution in [-0.4, -0.2) is 142 Å². The lowest BCUT2D eigenvalue weighted by molar-refractivity contribution is -0.332. The fraction of sp³-hybridized carbons (Fsp3) is 0.849. The molecule has 0 aromatic carbocycles. The van der Waals surface area contributed by atoms with Crippen LogP contribution in [-0.2, 0) is 38.0 Å². The van der Waals surface area contributed by atoms with Crippen molar-refractivity contribution in [2.75, 3.05) is 26.4 Å². The third-order valence-electron chi connectivity index (χ3n) is 12.6. The summed E-state index contributed by atoms with van der Waals surface area (Å²) in [6.45, 7) is 2.55. The molecule has 0 aliphatic carbocycles. The van der Waals surface area contributed by atoms with Crippen LogP contribution in [0.5, 0.6) is 0 Å². The Hall–Kier alpha value is -2.28. The molecule has 4 unspecified atom stereocenters. The first-order valence-corrected chi connectivity index (χ1v) is 26.6. The van der Waals surface area contributed by atoms with E-state index in [1.54, 1.807) is 0 Å². The number of aliphatic hydroxyl groups excluding tert-OH is 7. The van der Waals surface area contributed by atoms with Gasteiger partial charge in [0.2, 0.25) is 0 Å². The van der Waals surface area contributed by atoms with Crippen molar-refractivity contribution < 1.29 is 73.8 Å². The average molecular weight is 971 g/mol. The third kappa shape index (κ3) is 27.9. The second kappa shape index (κ2) is 40.3. The third-order valence-corrected chi connectivity index (χ3v) is 12.6. The molecule has 396 valence electrons. The van der Waals surface area contributed by atoms with Crippen molar-refractivity contribution in [1.82, 2.24) is 0 Å². The number of hydrogen-bond acceptors (Lipinski definition) is 15. The molecule has 0 bridgehead atoms. The van der Waals surface area contributed by atoms with Crippen molar-refractivity contribution in [3.8, 4) is 0 Å². The van der Waals surface area contributed by atoms with Crippen molar-refractivity contribution in [3.05, 3.63) is 36.5 Å². The summed E-state index contributed by atoms with van der Waals surface area (Å²) in [6, 6.07) is 0. The van der Waals surface area contributed by atoms with Crippen LogP contribution in [0.1, 0.15) is 194 Å². The normalized spacial score (nSPS) is 26.0. The Morgan fingerprint density at radius 3 is 1.41 bits per heavy atom. The number of carbonyl (C=O) groups excluding carboxylic acids is 2. The number of allylic oxidation sites excluding steroid dienone is 6. The largest absolute Gasteiger partial charge is 0.462 e. The SMILES string of the molecule is CCCCC/C=C/C/C=C/CCCCCCCC(=O)OC[C@H](CO[C@H]1O[C@@H](CO[C@H]2O[C@@H](CO)[C@@H](O)C(O)C2O)[C@@H](O)C(O)C1O)OC(=O)CCCCCCCCC/C=C/CCCCCCCC. The molecule has 2 rings (SSSR count). The number of ether oxygens (including phenoxy) is 6. The van der Waals surface area contributed by atoms with E-state index in [4.69, 9.17) is 28.4 Å². The minimum Gasteiger partial charge on any atom is -0.462 e. The molecule has 0 amide bonds. The number of rotatable bonds is 41. The summed E-state index contributed by atoms with van der Waals surface area (Å²) in [5.41, 5.74) is 0. The van der Waals surface area contributed by atoms with Gasteiger partial charge in [-0.15, -0.1) is 0 Å². The summed E-state index contributed by atoms with van der Waals surface area (Å²) in [7, 11) is 0. The first-order chi connectivity index (χ1) is 33.0. The Balaban J connectivity index is 1.81. The second-order valence-electron chi connectivity index (χ2n) is 18.7. The Kier molecular flexibility index (Phi) is 36.7. The number of esters is 2. The molecule has 0 radical (unpaired) electrons. The molecule has 2 fully saturated rings. The number of unbranched alkanes of at least 4 members (excludes halogenated alkanes) is 21. The molecule has 68 heavy (non-hydrogen) atoms. The maximum atomic E-state index is 13.0. The summed E-state index contributed by atoms with van der Waals surface area (Å²) < 4.78 is 33.6. The van der Waals surface area contributed by atoms with Crippen LogP contribution < -0.4 is 0 Å². The van der Waals surface area contributed by atoms with Crippen molar-refractivity contribution >= 4 is 11.9 Å². The van der Waals surface area contributed by atoms with Gasteiger partial charge in [-0.05, 0) is 70.6 Å². The van der Waals surface area contributed by atoms with E-state index in [0.29, 0.717) is 12.8 Å². The average Bonchev–Trinajstić information content (AvgIpc) is 3.33. The monoisotopic (exact) mass is 971 g/mol. The summed E-state index contributed by atoms with van der Waals surface area (Å²) in [4.78, 5) is 25.8. The van der Waals surface area contributed by atoms with Crippen LogP contribution >= 0.6 is 0 Å². The molecule has 2 heterocycles. The van der Waals surface area contributed by atoms with E-state index in [1.165, 1.54) is 77.0 Å². The topological polar surface area (TPSA) is 231 Å². The van der Waals surface area contributed by atoms with Crippen molar-refractivity contribution in [2.45, 2.75) is 261 Å². The molecule has 2 aliphatic rings. The molecule has 0 saturated carbocycles. The molecule has 15 heteroatoms. The predicted octanol–water partition coefficient (Wildman–Crippen LogP) is 7.71. The lowest BCUT2D eigenvalue weighted by Crippen LogP contribution is -2.61. The van der Waals surface area contributed by atoms with Gasteiger partial charge in [-0.3, -0.25) is 9.59 Å². The Morgan fingerprint density at radius 1 is 0.471 bits per heavy atom. The van der Waals surface area contributed by atoms with Crippen molar-refractivity contribution in [2.24, 2.45) is 0 Å². The van der Waals surface area contributed by atoms with Gasteiger partial charge in [0.1, 0.15) is 55.4 Å². The van der Waals surface area contributed by atoms with E-state index in [9.17, 15) is 45.3 Å². The van der Waals surface area contributed by atoms with Crippen LogP contribution in [0.3, 0.4) is 0 Å². The zero-order valence-electron chi connectivity index (χ0n) is 41.8. The lowest BCUT2D eigenvalue weighted by atomic mass is 9.98. The zero-order valence-corrected chi connectivity index (χ0v) is 41.8. The molecule has 11 atom stereocenters. The van der Waals surface area contributed by atoms with Crippen LogP contribution in [0, 0.1) is 0 Å². The van der Waals surface area contributed by atoms with E-state index in [0.717, 1.165) is 77.0 Å². The molecule has 2 aliphatic heterocycles. The Labute approximate surface area is 408 Å². The predicted molar refractivity (Wildman–Crippen MR) is 261 cm³/mol. The molecule has 0 spiro atoms. The standard InChI is InChI=1S/C53H94O15/c1-3-5-7-9-11-13-15-17-19-20-22-24-26-28-30-32-34-36-45(56)66-41(38-63-44(55)35-33-31-29-27-25-23-21-18-16-14-12-10-8-6-4-2)39-64-52-51(62)49(60)47(58)43(68-52)40-65-53-50(61)48(59)46(57)42(37-54)67-53/h12,14,17-19,21,41-43,46-54,57-62H,3-11,13,15-16,20,22-40H2,1-2H3/b14-12+,19-17+,21-18+/t41-,42+,43+,46-,47-,48?,49?,50?,51?,52+,53+/m1/s1. The smallest absolute Gasteiger partial charge is 0.306 e. The summed E-state index contributed by atoms with van der Waals surface area (Å²) in [5, 5.41) is 72.1. The van der Waals surface area contributed by atoms with E-state index in [1.807, 2.05) is 0 Å². The lowest BCUT2D eigenvalue weighted by Gasteiger charge is -2.42. The first kappa shape index (κ1) is 61.8. The summed E-state index contributed by atoms with van der Waals surface area (Å²) in [6.07, 6.45) is 25.9.